The molecule has 3 heteroatoms. The Hall–Kier alpha value is -2.81. The van der Waals surface area contributed by atoms with Crippen LogP contribution in [0, 0.1) is 6.92 Å². The zero-order chi connectivity index (χ0) is 15.2. The number of ether oxygens (including phenoxy) is 2. The van der Waals surface area contributed by atoms with Gasteiger partial charge >= 0.3 is 0 Å². The largest absolute Gasteiger partial charge is 0.473 e. The highest BCUT2D eigenvalue weighted by molar-refractivity contribution is 5.32. The molecule has 1 heterocycles. The number of aryl methyl sites for hydroxylation is 1. The van der Waals surface area contributed by atoms with E-state index in [-0.39, 0.29) is 0 Å². The molecule has 2 aromatic carbocycles. The van der Waals surface area contributed by atoms with Crippen LogP contribution in [-0.4, -0.2) is 4.98 Å². The number of rotatable bonds is 5. The van der Waals surface area contributed by atoms with Crippen LogP contribution >= 0.6 is 0 Å². The molecule has 0 aliphatic carbocycles. The quantitative estimate of drug-likeness (QED) is 0.679. The van der Waals surface area contributed by atoms with Gasteiger partial charge < -0.3 is 9.47 Å². The normalized spacial score (nSPS) is 10.2. The monoisotopic (exact) mass is 291 g/mol. The zero-order valence-corrected chi connectivity index (χ0v) is 12.4. The van der Waals surface area contributed by atoms with Gasteiger partial charge in [0.15, 0.2) is 0 Å². The molecule has 22 heavy (non-hydrogen) atoms. The summed E-state index contributed by atoms with van der Waals surface area (Å²) in [5.74, 6) is 2.07. The van der Waals surface area contributed by atoms with Gasteiger partial charge in [-0.2, -0.15) is 0 Å². The highest BCUT2D eigenvalue weighted by atomic mass is 16.5. The minimum absolute atomic E-state index is 0.506. The second-order valence-corrected chi connectivity index (χ2v) is 5.02. The van der Waals surface area contributed by atoms with Crippen molar-refractivity contribution in [2.24, 2.45) is 0 Å². The molecule has 3 nitrogen and oxygen atoms in total. The van der Waals surface area contributed by atoms with Gasteiger partial charge in [-0.3, -0.25) is 0 Å². The van der Waals surface area contributed by atoms with Crippen molar-refractivity contribution >= 4 is 0 Å². The van der Waals surface area contributed by atoms with E-state index in [1.54, 1.807) is 6.20 Å². The van der Waals surface area contributed by atoms with Crippen molar-refractivity contribution in [2.45, 2.75) is 13.5 Å². The van der Waals surface area contributed by atoms with E-state index in [4.69, 9.17) is 9.47 Å². The molecule has 0 saturated heterocycles. The molecule has 3 rings (SSSR count). The molecule has 0 radical (unpaired) electrons. The summed E-state index contributed by atoms with van der Waals surface area (Å²) in [6.45, 7) is 2.55. The van der Waals surface area contributed by atoms with Crippen molar-refractivity contribution in [1.82, 2.24) is 4.98 Å². The number of nitrogens with zero attached hydrogens (tertiary/aromatic N) is 1. The van der Waals surface area contributed by atoms with Crippen LogP contribution in [0.3, 0.4) is 0 Å². The predicted molar refractivity (Wildman–Crippen MR) is 86.3 cm³/mol. The van der Waals surface area contributed by atoms with Gasteiger partial charge in [0.25, 0.3) is 0 Å². The topological polar surface area (TPSA) is 31.4 Å². The van der Waals surface area contributed by atoms with Crippen molar-refractivity contribution in [3.05, 3.63) is 84.1 Å². The molecule has 0 unspecified atom stereocenters. The van der Waals surface area contributed by atoms with E-state index < -0.39 is 0 Å². The molecular weight excluding hydrogens is 274 g/mol. The third-order valence-electron chi connectivity index (χ3n) is 3.20. The fraction of sp³-hybridized carbons (Fsp3) is 0.105. The second kappa shape index (κ2) is 6.76. The smallest absolute Gasteiger partial charge is 0.213 e. The van der Waals surface area contributed by atoms with E-state index in [1.165, 1.54) is 5.56 Å². The molecular formula is C19H17NO2. The third kappa shape index (κ3) is 3.85. The van der Waals surface area contributed by atoms with Crippen molar-refractivity contribution in [3.8, 4) is 17.4 Å². The van der Waals surface area contributed by atoms with Gasteiger partial charge in [0.2, 0.25) is 5.88 Å². The van der Waals surface area contributed by atoms with Crippen LogP contribution in [0.2, 0.25) is 0 Å². The minimum atomic E-state index is 0.506. The molecule has 0 bridgehead atoms. The third-order valence-corrected chi connectivity index (χ3v) is 3.20. The summed E-state index contributed by atoms with van der Waals surface area (Å²) >= 11 is 0. The Morgan fingerprint density at radius 1 is 0.818 bits per heavy atom. The van der Waals surface area contributed by atoms with E-state index in [9.17, 15) is 0 Å². The van der Waals surface area contributed by atoms with Gasteiger partial charge in [-0.25, -0.2) is 4.98 Å². The summed E-state index contributed by atoms with van der Waals surface area (Å²) in [5, 5.41) is 0. The molecule has 0 N–H and O–H groups in total. The highest BCUT2D eigenvalue weighted by Crippen LogP contribution is 2.22. The molecule has 0 saturated carbocycles. The minimum Gasteiger partial charge on any atom is -0.473 e. The van der Waals surface area contributed by atoms with E-state index in [1.807, 2.05) is 73.7 Å². The van der Waals surface area contributed by atoms with Crippen LogP contribution in [0.5, 0.6) is 17.4 Å². The van der Waals surface area contributed by atoms with Crippen LogP contribution in [0.4, 0.5) is 0 Å². The lowest BCUT2D eigenvalue weighted by atomic mass is 10.2. The Morgan fingerprint density at radius 3 is 2.23 bits per heavy atom. The number of pyridine rings is 1. The first-order valence-corrected chi connectivity index (χ1v) is 7.17. The van der Waals surface area contributed by atoms with Gasteiger partial charge in [0.1, 0.15) is 18.1 Å². The Labute approximate surface area is 130 Å². The van der Waals surface area contributed by atoms with Gasteiger partial charge in [-0.05, 0) is 30.7 Å². The summed E-state index contributed by atoms with van der Waals surface area (Å²) < 4.78 is 11.4. The second-order valence-electron chi connectivity index (χ2n) is 5.02. The average molecular weight is 291 g/mol. The fourth-order valence-electron chi connectivity index (χ4n) is 1.99. The van der Waals surface area contributed by atoms with Crippen LogP contribution in [0.15, 0.2) is 72.9 Å². The average Bonchev–Trinajstić information content (AvgIpc) is 2.57. The maximum absolute atomic E-state index is 5.73. The first-order valence-electron chi connectivity index (χ1n) is 7.17. The summed E-state index contributed by atoms with van der Waals surface area (Å²) in [5.41, 5.74) is 2.32. The maximum atomic E-state index is 5.73. The number of hydrogen-bond donors (Lipinski definition) is 0. The Bertz CT molecular complexity index is 707. The van der Waals surface area contributed by atoms with E-state index >= 15 is 0 Å². The van der Waals surface area contributed by atoms with Gasteiger partial charge in [0, 0.05) is 6.07 Å². The molecule has 0 atom stereocenters. The van der Waals surface area contributed by atoms with Crippen LogP contribution in [0.1, 0.15) is 11.1 Å². The lowest BCUT2D eigenvalue weighted by Gasteiger charge is -2.08. The summed E-state index contributed by atoms with van der Waals surface area (Å²) in [7, 11) is 0. The van der Waals surface area contributed by atoms with Crippen molar-refractivity contribution in [1.29, 1.82) is 0 Å². The van der Waals surface area contributed by atoms with Gasteiger partial charge in [-0.1, -0.05) is 48.0 Å². The number of benzene rings is 2. The lowest BCUT2D eigenvalue weighted by Crippen LogP contribution is -1.96. The first-order chi connectivity index (χ1) is 10.8. The van der Waals surface area contributed by atoms with E-state index in [0.29, 0.717) is 18.2 Å². The molecule has 1 aromatic heterocycles. The fourth-order valence-corrected chi connectivity index (χ4v) is 1.99. The Balaban J connectivity index is 1.59. The summed E-state index contributed by atoms with van der Waals surface area (Å²) in [6.07, 6.45) is 1.67. The van der Waals surface area contributed by atoms with Gasteiger partial charge in [-0.15, -0.1) is 0 Å². The zero-order valence-electron chi connectivity index (χ0n) is 12.4. The van der Waals surface area contributed by atoms with Crippen LogP contribution in [-0.2, 0) is 6.61 Å². The number of aromatic nitrogens is 1. The molecule has 110 valence electrons. The Morgan fingerprint density at radius 2 is 1.55 bits per heavy atom. The summed E-state index contributed by atoms with van der Waals surface area (Å²) in [4.78, 5) is 4.26. The molecule has 0 aliphatic heterocycles. The standard InChI is InChI=1S/C19H17NO2/c1-15-7-9-17(10-8-15)22-18-11-12-19(20-13-18)21-14-16-5-3-2-4-6-16/h2-13H,14H2,1H3. The molecule has 0 spiro atoms. The van der Waals surface area contributed by atoms with Crippen molar-refractivity contribution in [3.63, 3.8) is 0 Å². The van der Waals surface area contributed by atoms with Crippen LogP contribution < -0.4 is 9.47 Å². The molecule has 3 aromatic rings. The number of hydrogen-bond acceptors (Lipinski definition) is 3. The highest BCUT2D eigenvalue weighted by Gasteiger charge is 2.00. The van der Waals surface area contributed by atoms with Crippen LogP contribution in [0.25, 0.3) is 0 Å². The Kier molecular flexibility index (Phi) is 4.35. The molecule has 0 aliphatic rings. The first kappa shape index (κ1) is 14.1. The molecule has 0 amide bonds. The van der Waals surface area contributed by atoms with Crippen molar-refractivity contribution in [2.75, 3.05) is 0 Å². The predicted octanol–water partition coefficient (Wildman–Crippen LogP) is 4.76. The SMILES string of the molecule is Cc1ccc(Oc2ccc(OCc3ccccc3)nc2)cc1. The summed E-state index contributed by atoms with van der Waals surface area (Å²) in [6, 6.07) is 21.6. The van der Waals surface area contributed by atoms with Crippen molar-refractivity contribution < 1.29 is 9.47 Å². The van der Waals surface area contributed by atoms with Gasteiger partial charge in [0.05, 0.1) is 6.20 Å². The maximum Gasteiger partial charge on any atom is 0.213 e. The van der Waals surface area contributed by atoms with E-state index in [2.05, 4.69) is 4.98 Å². The molecule has 0 fully saturated rings. The lowest BCUT2D eigenvalue weighted by molar-refractivity contribution is 0.293. The van der Waals surface area contributed by atoms with E-state index in [0.717, 1.165) is 11.3 Å².